The number of fused-ring (bicyclic) bond motifs is 1. The molecule has 0 bridgehead atoms. The van der Waals surface area contributed by atoms with Crippen molar-refractivity contribution >= 4 is 22.9 Å². The van der Waals surface area contributed by atoms with Gasteiger partial charge in [-0.2, -0.15) is 5.10 Å². The van der Waals surface area contributed by atoms with Gasteiger partial charge in [0.25, 0.3) is 5.91 Å². The van der Waals surface area contributed by atoms with Crippen LogP contribution < -0.4 is 0 Å². The largest absolute Gasteiger partial charge is 0.444 e. The van der Waals surface area contributed by atoms with Crippen LogP contribution in [0, 0.1) is 6.92 Å². The summed E-state index contributed by atoms with van der Waals surface area (Å²) in [5.74, 6) is 0.469. The van der Waals surface area contributed by atoms with Crippen molar-refractivity contribution in [1.82, 2.24) is 34.5 Å². The zero-order chi connectivity index (χ0) is 38.0. The lowest BCUT2D eigenvalue weighted by molar-refractivity contribution is -0.0365. The zero-order valence-corrected chi connectivity index (χ0v) is 32.5. The predicted molar refractivity (Wildman–Crippen MR) is 211 cm³/mol. The van der Waals surface area contributed by atoms with Gasteiger partial charge in [-0.3, -0.25) is 9.78 Å². The Bertz CT molecular complexity index is 2100. The molecular weight excluding hydrogens is 679 g/mol. The van der Waals surface area contributed by atoms with Gasteiger partial charge in [-0.1, -0.05) is 55.7 Å². The molecular formula is C43H53N7O4. The number of rotatable bonds is 9. The van der Waals surface area contributed by atoms with Crippen molar-refractivity contribution in [2.45, 2.75) is 110 Å². The average molecular weight is 732 g/mol. The number of aromatic amines is 1. The van der Waals surface area contributed by atoms with Crippen molar-refractivity contribution in [3.05, 3.63) is 77.7 Å². The van der Waals surface area contributed by atoms with E-state index in [2.05, 4.69) is 35.1 Å². The number of ether oxygens (including phenoxy) is 2. The first-order chi connectivity index (χ1) is 26.0. The van der Waals surface area contributed by atoms with Gasteiger partial charge in [0.15, 0.2) is 12.1 Å². The van der Waals surface area contributed by atoms with Crippen LogP contribution in [0.25, 0.3) is 44.8 Å². The lowest BCUT2D eigenvalue weighted by atomic mass is 9.94. The minimum Gasteiger partial charge on any atom is -0.444 e. The molecule has 2 aliphatic rings. The number of hydrogen-bond donors (Lipinski definition) is 1. The molecule has 54 heavy (non-hydrogen) atoms. The number of hydrogen-bond acceptors (Lipinski definition) is 7. The molecule has 3 aromatic heterocycles. The minimum absolute atomic E-state index is 0.0643. The van der Waals surface area contributed by atoms with Gasteiger partial charge in [-0.25, -0.2) is 14.5 Å². The number of pyridine rings is 1. The maximum absolute atomic E-state index is 14.3. The standard InChI is InChI=1S/C43H53N7O4/c1-7-49(42(52)54-43(3,4)5)27-31-25-44-26-34(28(31)2)30-21-22-35-33(24-30)38(47-50(35)36-20-14-15-23-53-36)40-45-37(29-16-10-8-11-17-29)39(46-40)41(51)48(6)32-18-12-9-13-19-32/h8,10-11,16-17,21-22,24-26,32,36H,7,9,12-15,18-20,23,27H2,1-6H3,(H,45,46). The Hall–Kier alpha value is -5.03. The maximum atomic E-state index is 14.3. The number of carbonyl (C=O) groups is 2. The normalized spacial score (nSPS) is 16.7. The van der Waals surface area contributed by atoms with Crippen molar-refractivity contribution in [3.63, 3.8) is 0 Å². The van der Waals surface area contributed by atoms with Crippen molar-refractivity contribution in [1.29, 1.82) is 0 Å². The summed E-state index contributed by atoms with van der Waals surface area (Å²) in [5.41, 5.74) is 6.82. The van der Waals surface area contributed by atoms with Crippen LogP contribution in [0.5, 0.6) is 0 Å². The Balaban J connectivity index is 1.32. The van der Waals surface area contributed by atoms with Crippen LogP contribution in [0.15, 0.2) is 60.9 Å². The van der Waals surface area contributed by atoms with Gasteiger partial charge in [0.2, 0.25) is 0 Å². The number of aromatic nitrogens is 5. The quantitative estimate of drug-likeness (QED) is 0.161. The molecule has 1 N–H and O–H groups in total. The third kappa shape index (κ3) is 7.78. The van der Waals surface area contributed by atoms with Crippen molar-refractivity contribution < 1.29 is 19.1 Å². The molecule has 4 heterocycles. The Kier molecular flexibility index (Phi) is 10.9. The van der Waals surface area contributed by atoms with Crippen LogP contribution in [0.2, 0.25) is 0 Å². The van der Waals surface area contributed by atoms with Gasteiger partial charge in [-0.15, -0.1) is 0 Å². The van der Waals surface area contributed by atoms with E-state index in [1.165, 1.54) is 6.42 Å². The van der Waals surface area contributed by atoms with E-state index in [0.717, 1.165) is 83.7 Å². The fourth-order valence-corrected chi connectivity index (χ4v) is 7.73. The van der Waals surface area contributed by atoms with E-state index in [9.17, 15) is 9.59 Å². The molecule has 11 nitrogen and oxygen atoms in total. The van der Waals surface area contributed by atoms with Crippen LogP contribution in [-0.4, -0.2) is 78.4 Å². The summed E-state index contributed by atoms with van der Waals surface area (Å²) < 4.78 is 13.9. The molecule has 2 aromatic carbocycles. The number of H-pyrrole nitrogens is 1. The van der Waals surface area contributed by atoms with Crippen molar-refractivity contribution in [2.75, 3.05) is 20.2 Å². The fourth-order valence-electron chi connectivity index (χ4n) is 7.73. The number of benzene rings is 2. The highest BCUT2D eigenvalue weighted by Gasteiger charge is 2.30. The van der Waals surface area contributed by atoms with E-state index in [-0.39, 0.29) is 24.3 Å². The van der Waals surface area contributed by atoms with E-state index >= 15 is 0 Å². The molecule has 1 saturated heterocycles. The highest BCUT2D eigenvalue weighted by atomic mass is 16.6. The molecule has 1 aliphatic carbocycles. The third-order valence-corrected chi connectivity index (χ3v) is 10.8. The first-order valence-corrected chi connectivity index (χ1v) is 19.5. The van der Waals surface area contributed by atoms with Crippen LogP contribution in [0.1, 0.15) is 107 Å². The van der Waals surface area contributed by atoms with Gasteiger partial charge >= 0.3 is 6.09 Å². The molecule has 1 saturated carbocycles. The lowest BCUT2D eigenvalue weighted by Gasteiger charge is -2.31. The number of carbonyl (C=O) groups excluding carboxylic acids is 2. The molecule has 11 heteroatoms. The molecule has 284 valence electrons. The average Bonchev–Trinajstić information content (AvgIpc) is 3.79. The molecule has 7 rings (SSSR count). The summed E-state index contributed by atoms with van der Waals surface area (Å²) in [6, 6.07) is 16.4. The van der Waals surface area contributed by atoms with Crippen LogP contribution >= 0.6 is 0 Å². The Labute approximate surface area is 318 Å². The number of amides is 2. The number of nitrogens with zero attached hydrogens (tertiary/aromatic N) is 6. The molecule has 0 radical (unpaired) electrons. The molecule has 0 spiro atoms. The van der Waals surface area contributed by atoms with Gasteiger partial charge in [0.05, 0.1) is 12.1 Å². The SMILES string of the molecule is CCN(Cc1cncc(-c2ccc3c(c2)c(-c2nc(-c4ccccc4)c(C(=O)N(C)C4CCCCC4)[nH]2)nn3C2CCCCO2)c1C)C(=O)OC(C)(C)C. The van der Waals surface area contributed by atoms with Crippen molar-refractivity contribution in [2.24, 2.45) is 0 Å². The summed E-state index contributed by atoms with van der Waals surface area (Å²) in [4.78, 5) is 44.1. The van der Waals surface area contributed by atoms with Crippen molar-refractivity contribution in [3.8, 4) is 33.9 Å². The third-order valence-electron chi connectivity index (χ3n) is 10.8. The number of imidazole rings is 1. The predicted octanol–water partition coefficient (Wildman–Crippen LogP) is 9.32. The lowest BCUT2D eigenvalue weighted by Crippen LogP contribution is -2.38. The van der Waals surface area contributed by atoms with Gasteiger partial charge in [-0.05, 0) is 95.5 Å². The number of nitrogens with one attached hydrogen (secondary N) is 1. The molecule has 5 aromatic rings. The Morgan fingerprint density at radius 1 is 0.963 bits per heavy atom. The Morgan fingerprint density at radius 2 is 1.72 bits per heavy atom. The summed E-state index contributed by atoms with van der Waals surface area (Å²) in [6.07, 6.45) is 11.6. The topological polar surface area (TPSA) is 118 Å². The zero-order valence-electron chi connectivity index (χ0n) is 32.5. The fraction of sp³-hybridized carbons (Fsp3) is 0.465. The summed E-state index contributed by atoms with van der Waals surface area (Å²) in [7, 11) is 1.92. The summed E-state index contributed by atoms with van der Waals surface area (Å²) >= 11 is 0. The second-order valence-electron chi connectivity index (χ2n) is 15.7. The van der Waals surface area contributed by atoms with Crippen LogP contribution in [0.3, 0.4) is 0 Å². The second-order valence-corrected chi connectivity index (χ2v) is 15.7. The molecule has 2 fully saturated rings. The Morgan fingerprint density at radius 3 is 2.43 bits per heavy atom. The second kappa shape index (κ2) is 15.8. The highest BCUT2D eigenvalue weighted by Crippen LogP contribution is 2.37. The molecule has 1 unspecified atom stereocenters. The van der Waals surface area contributed by atoms with Gasteiger partial charge in [0, 0.05) is 55.1 Å². The van der Waals surface area contributed by atoms with Gasteiger partial charge < -0.3 is 24.3 Å². The van der Waals surface area contributed by atoms with E-state index in [1.807, 2.05) is 87.0 Å². The van der Waals surface area contributed by atoms with Crippen LogP contribution in [-0.2, 0) is 16.0 Å². The maximum Gasteiger partial charge on any atom is 0.410 e. The first-order valence-electron chi connectivity index (χ1n) is 19.5. The first kappa shape index (κ1) is 37.3. The van der Waals surface area contributed by atoms with Gasteiger partial charge in [0.1, 0.15) is 22.7 Å². The molecule has 1 atom stereocenters. The summed E-state index contributed by atoms with van der Waals surface area (Å²) in [5, 5.41) is 6.09. The smallest absolute Gasteiger partial charge is 0.410 e. The minimum atomic E-state index is -0.588. The monoisotopic (exact) mass is 731 g/mol. The van der Waals surface area contributed by atoms with Crippen LogP contribution in [0.4, 0.5) is 4.79 Å². The molecule has 1 aliphatic heterocycles. The highest BCUT2D eigenvalue weighted by molar-refractivity contribution is 6.01. The summed E-state index contributed by atoms with van der Waals surface area (Å²) in [6.45, 7) is 11.2. The van der Waals surface area contributed by atoms with E-state index in [1.54, 1.807) is 4.90 Å². The van der Waals surface area contributed by atoms with E-state index < -0.39 is 5.60 Å². The van der Waals surface area contributed by atoms with E-state index in [4.69, 9.17) is 19.6 Å². The van der Waals surface area contributed by atoms with E-state index in [0.29, 0.717) is 42.6 Å². The molecule has 2 amide bonds.